The summed E-state index contributed by atoms with van der Waals surface area (Å²) in [6, 6.07) is 2.15. The number of hydrogen-bond donors (Lipinski definition) is 0. The summed E-state index contributed by atoms with van der Waals surface area (Å²) in [5, 5.41) is 14.8. The molecule has 4 heteroatoms. The SMILES string of the molecule is C1CCC(C2CCCC(C3CCCC[N-]3)[N-]2)[N-]C1.[Ru+3]. The van der Waals surface area contributed by atoms with Crippen LogP contribution in [-0.4, -0.2) is 37.3 Å². The molecule has 0 amide bonds. The zero-order chi connectivity index (χ0) is 12.2. The molecule has 4 atom stereocenters. The fourth-order valence-electron chi connectivity index (χ4n) is 3.77. The van der Waals surface area contributed by atoms with Crippen LogP contribution in [0.3, 0.4) is 0 Å². The third-order valence-corrected chi connectivity index (χ3v) is 4.81. The number of piperidine rings is 3. The number of rotatable bonds is 2. The van der Waals surface area contributed by atoms with Crippen LogP contribution in [0.25, 0.3) is 16.0 Å². The quantitative estimate of drug-likeness (QED) is 0.673. The van der Waals surface area contributed by atoms with Gasteiger partial charge in [-0.2, -0.15) is 24.2 Å². The zero-order valence-electron chi connectivity index (χ0n) is 11.8. The maximum absolute atomic E-state index is 5.14. The first-order valence-electron chi connectivity index (χ1n) is 7.96. The van der Waals surface area contributed by atoms with E-state index in [1.807, 2.05) is 0 Å². The van der Waals surface area contributed by atoms with Crippen LogP contribution in [0.2, 0.25) is 0 Å². The first kappa shape index (κ1) is 15.9. The van der Waals surface area contributed by atoms with Crippen molar-refractivity contribution in [2.24, 2.45) is 0 Å². The molecule has 3 rings (SSSR count). The van der Waals surface area contributed by atoms with E-state index in [0.717, 1.165) is 13.1 Å². The van der Waals surface area contributed by atoms with Crippen LogP contribution in [0.15, 0.2) is 0 Å². The number of nitrogens with zero attached hydrogens (tertiary/aromatic N) is 3. The van der Waals surface area contributed by atoms with Crippen molar-refractivity contribution in [2.75, 3.05) is 13.1 Å². The third-order valence-electron chi connectivity index (χ3n) is 4.81. The Labute approximate surface area is 130 Å². The summed E-state index contributed by atoms with van der Waals surface area (Å²) in [5.41, 5.74) is 0. The van der Waals surface area contributed by atoms with Crippen LogP contribution in [0.5, 0.6) is 0 Å². The topological polar surface area (TPSA) is 42.3 Å². The maximum Gasteiger partial charge on any atom is 3.00 e. The molecule has 3 aliphatic heterocycles. The van der Waals surface area contributed by atoms with Gasteiger partial charge in [-0.25, -0.2) is 0 Å². The molecule has 0 aromatic carbocycles. The van der Waals surface area contributed by atoms with Gasteiger partial charge in [0.05, 0.1) is 0 Å². The van der Waals surface area contributed by atoms with Gasteiger partial charge >= 0.3 is 19.5 Å². The molecular formula is C15H26N3Ru. The monoisotopic (exact) mass is 350 g/mol. The second-order valence-corrected chi connectivity index (χ2v) is 6.15. The Bertz CT molecular complexity index is 226. The van der Waals surface area contributed by atoms with Gasteiger partial charge < -0.3 is 16.0 Å². The second-order valence-electron chi connectivity index (χ2n) is 6.15. The summed E-state index contributed by atoms with van der Waals surface area (Å²) in [6.45, 7) is 2.16. The van der Waals surface area contributed by atoms with Crippen molar-refractivity contribution in [1.82, 2.24) is 0 Å². The minimum atomic E-state index is 0. The molecule has 3 aliphatic rings. The summed E-state index contributed by atoms with van der Waals surface area (Å²) in [6.07, 6.45) is 11.8. The molecule has 0 aromatic rings. The Morgan fingerprint density at radius 2 is 1.00 bits per heavy atom. The molecule has 3 fully saturated rings. The normalized spacial score (nSPS) is 40.4. The molecule has 3 nitrogen and oxygen atoms in total. The fraction of sp³-hybridized carbons (Fsp3) is 1.00. The van der Waals surface area contributed by atoms with E-state index in [4.69, 9.17) is 16.0 Å². The van der Waals surface area contributed by atoms with Gasteiger partial charge in [-0.15, -0.1) is 13.1 Å². The van der Waals surface area contributed by atoms with Gasteiger partial charge in [0.2, 0.25) is 0 Å². The Kier molecular flexibility index (Phi) is 6.75. The van der Waals surface area contributed by atoms with Crippen LogP contribution >= 0.6 is 0 Å². The minimum absolute atomic E-state index is 0. The Morgan fingerprint density at radius 1 is 0.526 bits per heavy atom. The molecule has 0 bridgehead atoms. The molecular weight excluding hydrogens is 323 g/mol. The van der Waals surface area contributed by atoms with Gasteiger partial charge in [-0.05, 0) is 0 Å². The summed E-state index contributed by atoms with van der Waals surface area (Å²) in [5.74, 6) is 0. The summed E-state index contributed by atoms with van der Waals surface area (Å²) in [7, 11) is 0. The third kappa shape index (κ3) is 4.23. The van der Waals surface area contributed by atoms with Crippen molar-refractivity contribution in [3.05, 3.63) is 16.0 Å². The van der Waals surface area contributed by atoms with Gasteiger partial charge in [-0.3, -0.25) is 0 Å². The average Bonchev–Trinajstić information content (AvgIpc) is 2.49. The fourth-order valence-corrected chi connectivity index (χ4v) is 3.77. The van der Waals surface area contributed by atoms with Crippen molar-refractivity contribution in [3.8, 4) is 0 Å². The largest absolute Gasteiger partial charge is 3.00 e. The van der Waals surface area contributed by atoms with Crippen LogP contribution in [0.1, 0.15) is 57.8 Å². The molecule has 0 N–H and O–H groups in total. The molecule has 1 radical (unpaired) electrons. The van der Waals surface area contributed by atoms with E-state index in [1.54, 1.807) is 0 Å². The molecule has 4 unspecified atom stereocenters. The Hall–Kier alpha value is 0.503. The molecule has 0 saturated carbocycles. The van der Waals surface area contributed by atoms with Gasteiger partial charge in [0.25, 0.3) is 0 Å². The summed E-state index contributed by atoms with van der Waals surface area (Å²) >= 11 is 0. The van der Waals surface area contributed by atoms with Gasteiger partial charge in [0.15, 0.2) is 0 Å². The van der Waals surface area contributed by atoms with Crippen LogP contribution < -0.4 is 0 Å². The first-order chi connectivity index (χ1) is 8.93. The smallest absolute Gasteiger partial charge is 0.661 e. The average molecular weight is 349 g/mol. The molecule has 0 aliphatic carbocycles. The molecule has 0 aromatic heterocycles. The van der Waals surface area contributed by atoms with Crippen molar-refractivity contribution in [1.29, 1.82) is 0 Å². The standard InChI is InChI=1S/C15H26N3.Ru/c1-3-10-16-12(6-1)14-8-5-9-15(18-14)13-7-2-4-11-17-13;/h12-15H,1-11H2;/q-3;+3. The van der Waals surface area contributed by atoms with Crippen molar-refractivity contribution in [3.63, 3.8) is 0 Å². The molecule has 0 spiro atoms. The van der Waals surface area contributed by atoms with Crippen molar-refractivity contribution >= 4 is 0 Å². The first-order valence-corrected chi connectivity index (χ1v) is 7.96. The van der Waals surface area contributed by atoms with Gasteiger partial charge in [0.1, 0.15) is 0 Å². The van der Waals surface area contributed by atoms with Gasteiger partial charge in [-0.1, -0.05) is 57.8 Å². The van der Waals surface area contributed by atoms with E-state index in [-0.39, 0.29) is 19.5 Å². The van der Waals surface area contributed by atoms with E-state index in [1.165, 1.54) is 57.8 Å². The van der Waals surface area contributed by atoms with Crippen LogP contribution in [0.4, 0.5) is 0 Å². The molecule has 109 valence electrons. The molecule has 3 heterocycles. The van der Waals surface area contributed by atoms with Crippen LogP contribution in [-0.2, 0) is 19.5 Å². The van der Waals surface area contributed by atoms with E-state index in [9.17, 15) is 0 Å². The molecule has 19 heavy (non-hydrogen) atoms. The summed E-state index contributed by atoms with van der Waals surface area (Å²) in [4.78, 5) is 0. The summed E-state index contributed by atoms with van der Waals surface area (Å²) < 4.78 is 0. The van der Waals surface area contributed by atoms with Crippen molar-refractivity contribution in [2.45, 2.75) is 82.0 Å². The maximum atomic E-state index is 5.14. The Balaban J connectivity index is 0.00000133. The minimum Gasteiger partial charge on any atom is -0.661 e. The second kappa shape index (κ2) is 8.07. The number of hydrogen-bond acceptors (Lipinski definition) is 0. The van der Waals surface area contributed by atoms with Crippen molar-refractivity contribution < 1.29 is 19.5 Å². The van der Waals surface area contributed by atoms with Gasteiger partial charge in [0, 0.05) is 0 Å². The zero-order valence-corrected chi connectivity index (χ0v) is 13.5. The van der Waals surface area contributed by atoms with Crippen LogP contribution in [0, 0.1) is 0 Å². The van der Waals surface area contributed by atoms with E-state index >= 15 is 0 Å². The predicted octanol–water partition coefficient (Wildman–Crippen LogP) is 4.13. The van der Waals surface area contributed by atoms with E-state index in [2.05, 4.69) is 0 Å². The predicted molar refractivity (Wildman–Crippen MR) is 76.5 cm³/mol. The van der Waals surface area contributed by atoms with E-state index < -0.39 is 0 Å². The molecule has 3 saturated heterocycles. The van der Waals surface area contributed by atoms with E-state index in [0.29, 0.717) is 24.2 Å². The Morgan fingerprint density at radius 3 is 1.42 bits per heavy atom.